The minimum absolute atomic E-state index is 0.00773. The average molecular weight is 579 g/mol. The van der Waals surface area contributed by atoms with Crippen LogP contribution >= 0.6 is 0 Å². The van der Waals surface area contributed by atoms with Crippen molar-refractivity contribution in [3.63, 3.8) is 0 Å². The number of carbonyl (C=O) groups excluding carboxylic acids is 2. The lowest BCUT2D eigenvalue weighted by atomic mass is 9.62. The second-order valence-electron chi connectivity index (χ2n) is 13.1. The Morgan fingerprint density at radius 1 is 0.884 bits per heavy atom. The minimum Gasteiger partial charge on any atom is -0.384 e. The summed E-state index contributed by atoms with van der Waals surface area (Å²) in [5.74, 6) is -0.143. The van der Waals surface area contributed by atoms with Crippen molar-refractivity contribution in [1.82, 2.24) is 0 Å². The molecular weight excluding hydrogens is 528 g/mol. The number of hydrogen-bond donors (Lipinski definition) is 1. The van der Waals surface area contributed by atoms with Crippen LogP contribution in [0, 0.1) is 10.8 Å². The number of hydrogen-bond acceptors (Lipinski definition) is 3. The van der Waals surface area contributed by atoms with Crippen molar-refractivity contribution in [2.24, 2.45) is 10.8 Å². The molecule has 0 bridgehead atoms. The molecule has 0 radical (unpaired) electrons. The van der Waals surface area contributed by atoms with Gasteiger partial charge in [-0.05, 0) is 76.0 Å². The van der Waals surface area contributed by atoms with Crippen LogP contribution in [-0.2, 0) is 9.59 Å². The van der Waals surface area contributed by atoms with E-state index in [2.05, 4.69) is 82.9 Å². The van der Waals surface area contributed by atoms with E-state index in [0.717, 1.165) is 16.7 Å². The van der Waals surface area contributed by atoms with Crippen LogP contribution in [0.3, 0.4) is 0 Å². The fourth-order valence-electron chi connectivity index (χ4n) is 5.23. The van der Waals surface area contributed by atoms with Crippen LogP contribution in [0.15, 0.2) is 136 Å². The molecule has 0 aromatic heterocycles. The van der Waals surface area contributed by atoms with Crippen LogP contribution in [-0.4, -0.2) is 22.3 Å². The van der Waals surface area contributed by atoms with Gasteiger partial charge in [0.2, 0.25) is 0 Å². The van der Waals surface area contributed by atoms with E-state index in [9.17, 15) is 14.7 Å². The van der Waals surface area contributed by atoms with Crippen LogP contribution in [0.1, 0.15) is 82.1 Å². The second kappa shape index (κ2) is 15.1. The van der Waals surface area contributed by atoms with E-state index < -0.39 is 11.0 Å². The Bertz CT molecular complexity index is 1480. The zero-order valence-electron chi connectivity index (χ0n) is 27.8. The van der Waals surface area contributed by atoms with Crippen molar-refractivity contribution in [2.75, 3.05) is 0 Å². The van der Waals surface area contributed by atoms with Gasteiger partial charge >= 0.3 is 0 Å². The fraction of sp³-hybridized carbons (Fsp3) is 0.375. The molecule has 43 heavy (non-hydrogen) atoms. The van der Waals surface area contributed by atoms with Gasteiger partial charge in [0.1, 0.15) is 0 Å². The average Bonchev–Trinajstić information content (AvgIpc) is 2.89. The standard InChI is InChI=1S/C40H50O3/c1-29(18-13-19-31(3)23-24-36-32(4)22-15-25-38(36,7)8)16-11-12-17-30(2)20-14-21-33(5)37(42)28-40(43)34(6)26-35(41)27-39(40,9)10/h11-23,25-26,43H,27-28H2,1-10H3/b12-11+,18-13+,20-14+,29-16+,30-17+,31-19+,33-21+. The van der Waals surface area contributed by atoms with Gasteiger partial charge < -0.3 is 5.11 Å². The molecule has 1 unspecified atom stereocenters. The molecule has 2 aliphatic rings. The molecule has 0 spiro atoms. The lowest BCUT2D eigenvalue weighted by Gasteiger charge is -2.45. The second-order valence-corrected chi connectivity index (χ2v) is 13.1. The van der Waals surface area contributed by atoms with Gasteiger partial charge in [-0.2, -0.15) is 0 Å². The van der Waals surface area contributed by atoms with Gasteiger partial charge in [0.05, 0.1) is 5.60 Å². The zero-order valence-corrected chi connectivity index (χ0v) is 27.8. The van der Waals surface area contributed by atoms with Gasteiger partial charge in [-0.3, -0.25) is 9.59 Å². The molecule has 0 heterocycles. The van der Waals surface area contributed by atoms with E-state index in [1.54, 1.807) is 19.9 Å². The maximum absolute atomic E-state index is 12.9. The fourth-order valence-corrected chi connectivity index (χ4v) is 5.23. The summed E-state index contributed by atoms with van der Waals surface area (Å²) < 4.78 is 0. The summed E-state index contributed by atoms with van der Waals surface area (Å²) in [4.78, 5) is 24.9. The zero-order chi connectivity index (χ0) is 32.4. The highest BCUT2D eigenvalue weighted by Crippen LogP contribution is 2.45. The van der Waals surface area contributed by atoms with Gasteiger partial charge in [-0.1, -0.05) is 118 Å². The molecule has 228 valence electrons. The Hall–Kier alpha value is -3.78. The summed E-state index contributed by atoms with van der Waals surface area (Å²) >= 11 is 0. The van der Waals surface area contributed by atoms with E-state index in [-0.39, 0.29) is 29.8 Å². The first-order valence-electron chi connectivity index (χ1n) is 15.0. The molecule has 2 rings (SSSR count). The highest BCUT2D eigenvalue weighted by Gasteiger charge is 2.49. The predicted octanol–water partition coefficient (Wildman–Crippen LogP) is 9.70. The van der Waals surface area contributed by atoms with Crippen molar-refractivity contribution in [1.29, 1.82) is 0 Å². The number of rotatable bonds is 10. The van der Waals surface area contributed by atoms with Crippen molar-refractivity contribution in [3.8, 4) is 0 Å². The van der Waals surface area contributed by atoms with E-state index >= 15 is 0 Å². The quantitative estimate of drug-likeness (QED) is 0.159. The predicted molar refractivity (Wildman–Crippen MR) is 182 cm³/mol. The molecule has 0 aromatic rings. The summed E-state index contributed by atoms with van der Waals surface area (Å²) in [5.41, 5.74) is 8.36. The molecule has 0 aromatic carbocycles. The third-order valence-electron chi connectivity index (χ3n) is 8.22. The van der Waals surface area contributed by atoms with Crippen LogP contribution in [0.2, 0.25) is 0 Å². The smallest absolute Gasteiger partial charge is 0.161 e. The minimum atomic E-state index is -1.33. The number of Topliss-reactive ketones (excluding diaryl/α,β-unsaturated/α-hetero) is 1. The first kappa shape index (κ1) is 35.4. The lowest BCUT2D eigenvalue weighted by molar-refractivity contribution is -0.132. The lowest BCUT2D eigenvalue weighted by Crippen LogP contribution is -2.50. The summed E-state index contributed by atoms with van der Waals surface area (Å²) in [7, 11) is 0. The summed E-state index contributed by atoms with van der Waals surface area (Å²) in [6, 6.07) is 0. The van der Waals surface area contributed by atoms with Crippen molar-refractivity contribution in [3.05, 3.63) is 136 Å². The first-order chi connectivity index (χ1) is 20.0. The molecule has 2 aliphatic carbocycles. The highest BCUT2D eigenvalue weighted by atomic mass is 16.3. The molecule has 3 heteroatoms. The molecule has 0 fully saturated rings. The largest absolute Gasteiger partial charge is 0.384 e. The Kier molecular flexibility index (Phi) is 12.4. The van der Waals surface area contributed by atoms with E-state index in [0.29, 0.717) is 11.1 Å². The van der Waals surface area contributed by atoms with Crippen LogP contribution in [0.25, 0.3) is 0 Å². The van der Waals surface area contributed by atoms with Crippen molar-refractivity contribution in [2.45, 2.75) is 87.7 Å². The Labute approximate surface area is 260 Å². The number of allylic oxidation sites excluding steroid dienone is 20. The summed E-state index contributed by atoms with van der Waals surface area (Å²) in [5, 5.41) is 11.3. The van der Waals surface area contributed by atoms with Crippen molar-refractivity contribution >= 4 is 11.6 Å². The number of ketones is 2. The Balaban J connectivity index is 1.96. The number of aliphatic hydroxyl groups is 1. The van der Waals surface area contributed by atoms with Crippen LogP contribution < -0.4 is 0 Å². The van der Waals surface area contributed by atoms with Crippen molar-refractivity contribution < 1.29 is 14.7 Å². The summed E-state index contributed by atoms with van der Waals surface area (Å²) in [6.07, 6.45) is 30.0. The maximum atomic E-state index is 12.9. The molecule has 0 aliphatic heterocycles. The Morgan fingerprint density at radius 3 is 2.00 bits per heavy atom. The normalized spacial score (nSPS) is 23.2. The third-order valence-corrected chi connectivity index (χ3v) is 8.22. The van der Waals surface area contributed by atoms with E-state index in [4.69, 9.17) is 0 Å². The van der Waals surface area contributed by atoms with Gasteiger partial charge in [0, 0.05) is 29.2 Å². The highest BCUT2D eigenvalue weighted by molar-refractivity contribution is 5.97. The summed E-state index contributed by atoms with van der Waals surface area (Å²) in [6.45, 7) is 19.9. The monoisotopic (exact) mass is 578 g/mol. The van der Waals surface area contributed by atoms with Gasteiger partial charge in [-0.25, -0.2) is 0 Å². The van der Waals surface area contributed by atoms with E-state index in [1.165, 1.54) is 17.2 Å². The molecule has 0 saturated heterocycles. The van der Waals surface area contributed by atoms with Crippen LogP contribution in [0.4, 0.5) is 0 Å². The van der Waals surface area contributed by atoms with Gasteiger partial charge in [0.25, 0.3) is 0 Å². The number of carbonyl (C=O) groups is 2. The topological polar surface area (TPSA) is 54.4 Å². The molecular formula is C40H50O3. The van der Waals surface area contributed by atoms with Gasteiger partial charge in [0.15, 0.2) is 11.6 Å². The molecule has 0 saturated carbocycles. The molecule has 1 N–H and O–H groups in total. The van der Waals surface area contributed by atoms with E-state index in [1.807, 2.05) is 57.2 Å². The molecule has 0 amide bonds. The first-order valence-corrected chi connectivity index (χ1v) is 15.0. The third kappa shape index (κ3) is 10.2. The molecule has 3 nitrogen and oxygen atoms in total. The maximum Gasteiger partial charge on any atom is 0.161 e. The van der Waals surface area contributed by atoms with Gasteiger partial charge in [-0.15, -0.1) is 5.73 Å². The SMILES string of the molecule is CC1=CC=CC(C)(C)C1=C=C/C(C)=C/C=C/C(C)=C/C=C/C=C(C)/C=C/C=C(\C)C(=O)CC1(O)C(C)=CC(=O)CC1(C)C. The molecule has 1 atom stereocenters. The van der Waals surface area contributed by atoms with Crippen LogP contribution in [0.5, 0.6) is 0 Å². The Morgan fingerprint density at radius 2 is 1.44 bits per heavy atom.